The minimum Gasteiger partial charge on any atom is -0.341 e. The Balaban J connectivity index is 1.97. The molecule has 2 unspecified atom stereocenters. The number of carbonyl (C=O) groups excluding carboxylic acids is 1. The third-order valence-electron chi connectivity index (χ3n) is 3.35. The first-order valence-electron chi connectivity index (χ1n) is 5.26. The summed E-state index contributed by atoms with van der Waals surface area (Å²) in [6.07, 6.45) is 5.37. The second kappa shape index (κ2) is 3.56. The van der Waals surface area contributed by atoms with E-state index in [1.807, 2.05) is 4.90 Å². The fourth-order valence-corrected chi connectivity index (χ4v) is 2.76. The van der Waals surface area contributed by atoms with Crippen LogP contribution in [0.15, 0.2) is 0 Å². The fourth-order valence-electron chi connectivity index (χ4n) is 2.76. The summed E-state index contributed by atoms with van der Waals surface area (Å²) in [7, 11) is 1.71. The first kappa shape index (κ1) is 8.85. The third kappa shape index (κ3) is 1.79. The number of nitrogens with one attached hydrogen (secondary N) is 1. The van der Waals surface area contributed by atoms with Crippen molar-refractivity contribution in [1.29, 1.82) is 0 Å². The first-order valence-corrected chi connectivity index (χ1v) is 5.26. The zero-order valence-corrected chi connectivity index (χ0v) is 8.25. The summed E-state index contributed by atoms with van der Waals surface area (Å²) in [5.74, 6) is 1.56. The number of urea groups is 1. The second-order valence-electron chi connectivity index (χ2n) is 4.36. The molecule has 2 atom stereocenters. The van der Waals surface area contributed by atoms with Gasteiger partial charge in [-0.2, -0.15) is 0 Å². The zero-order chi connectivity index (χ0) is 9.26. The standard InChI is InChI=1S/C10H18N2O/c1-11-10(13)12-6-8-3-2-4-9(5-8)7-12/h8-9H,2-7H2,1H3,(H,11,13). The van der Waals surface area contributed by atoms with E-state index in [1.165, 1.54) is 25.7 Å². The van der Waals surface area contributed by atoms with Gasteiger partial charge in [-0.1, -0.05) is 6.42 Å². The molecule has 3 heteroatoms. The lowest BCUT2D eigenvalue weighted by Crippen LogP contribution is -2.48. The number of rotatable bonds is 0. The molecule has 2 bridgehead atoms. The molecule has 1 saturated carbocycles. The van der Waals surface area contributed by atoms with Crippen LogP contribution in [-0.4, -0.2) is 31.1 Å². The van der Waals surface area contributed by atoms with Crippen molar-refractivity contribution in [1.82, 2.24) is 10.2 Å². The maximum absolute atomic E-state index is 11.4. The predicted octanol–water partition coefficient (Wildman–Crippen LogP) is 1.45. The Hall–Kier alpha value is -0.730. The van der Waals surface area contributed by atoms with Crippen LogP contribution in [0.25, 0.3) is 0 Å². The van der Waals surface area contributed by atoms with Gasteiger partial charge in [-0.25, -0.2) is 4.79 Å². The van der Waals surface area contributed by atoms with E-state index in [1.54, 1.807) is 7.05 Å². The van der Waals surface area contributed by atoms with Gasteiger partial charge in [0.05, 0.1) is 0 Å². The smallest absolute Gasteiger partial charge is 0.317 e. The number of fused-ring (bicyclic) bond motifs is 2. The van der Waals surface area contributed by atoms with Crippen LogP contribution >= 0.6 is 0 Å². The van der Waals surface area contributed by atoms with Crippen molar-refractivity contribution in [2.45, 2.75) is 25.7 Å². The van der Waals surface area contributed by atoms with E-state index in [9.17, 15) is 4.79 Å². The molecule has 0 aromatic carbocycles. The van der Waals surface area contributed by atoms with Gasteiger partial charge in [-0.15, -0.1) is 0 Å². The molecule has 0 aromatic heterocycles. The second-order valence-corrected chi connectivity index (χ2v) is 4.36. The van der Waals surface area contributed by atoms with Crippen LogP contribution in [0.5, 0.6) is 0 Å². The summed E-state index contributed by atoms with van der Waals surface area (Å²) in [5.41, 5.74) is 0. The predicted molar refractivity (Wildman–Crippen MR) is 51.5 cm³/mol. The summed E-state index contributed by atoms with van der Waals surface area (Å²) >= 11 is 0. The lowest BCUT2D eigenvalue weighted by molar-refractivity contribution is 0.104. The SMILES string of the molecule is CNC(=O)N1CC2CCCC(C2)C1. The number of carbonyl (C=O) groups is 1. The number of hydrogen-bond donors (Lipinski definition) is 1. The Morgan fingerprint density at radius 2 is 1.92 bits per heavy atom. The Bertz CT molecular complexity index is 193. The van der Waals surface area contributed by atoms with Crippen molar-refractivity contribution in [3.63, 3.8) is 0 Å². The Morgan fingerprint density at radius 3 is 2.46 bits per heavy atom. The summed E-state index contributed by atoms with van der Waals surface area (Å²) in [5, 5.41) is 2.71. The summed E-state index contributed by atoms with van der Waals surface area (Å²) in [6.45, 7) is 1.96. The van der Waals surface area contributed by atoms with Crippen LogP contribution in [0, 0.1) is 11.8 Å². The molecule has 2 fully saturated rings. The molecular weight excluding hydrogens is 164 g/mol. The van der Waals surface area contributed by atoms with E-state index in [0.29, 0.717) is 0 Å². The molecule has 1 heterocycles. The van der Waals surface area contributed by atoms with Crippen molar-refractivity contribution in [3.05, 3.63) is 0 Å². The largest absolute Gasteiger partial charge is 0.341 e. The maximum atomic E-state index is 11.4. The average molecular weight is 182 g/mol. The molecule has 2 amide bonds. The summed E-state index contributed by atoms with van der Waals surface area (Å²) in [4.78, 5) is 13.4. The van der Waals surface area contributed by atoms with Crippen LogP contribution < -0.4 is 5.32 Å². The lowest BCUT2D eigenvalue weighted by atomic mass is 9.78. The van der Waals surface area contributed by atoms with Gasteiger partial charge < -0.3 is 10.2 Å². The van der Waals surface area contributed by atoms with Crippen molar-refractivity contribution < 1.29 is 4.79 Å². The Labute approximate surface area is 79.5 Å². The molecule has 2 aliphatic rings. The lowest BCUT2D eigenvalue weighted by Gasteiger charge is -2.41. The number of nitrogens with zero attached hydrogens (tertiary/aromatic N) is 1. The topological polar surface area (TPSA) is 32.3 Å². The highest BCUT2D eigenvalue weighted by molar-refractivity contribution is 5.73. The molecule has 3 nitrogen and oxygen atoms in total. The average Bonchev–Trinajstić information content (AvgIpc) is 2.16. The maximum Gasteiger partial charge on any atom is 0.317 e. The highest BCUT2D eigenvalue weighted by Gasteiger charge is 2.32. The van der Waals surface area contributed by atoms with Gasteiger partial charge in [0.25, 0.3) is 0 Å². The third-order valence-corrected chi connectivity index (χ3v) is 3.35. The van der Waals surface area contributed by atoms with Gasteiger partial charge in [-0.3, -0.25) is 0 Å². The highest BCUT2D eigenvalue weighted by atomic mass is 16.2. The number of amides is 2. The number of likely N-dealkylation sites (tertiary alicyclic amines) is 1. The summed E-state index contributed by atoms with van der Waals surface area (Å²) in [6, 6.07) is 0.108. The van der Waals surface area contributed by atoms with Crippen LogP contribution in [0.1, 0.15) is 25.7 Å². The minimum atomic E-state index is 0.108. The normalized spacial score (nSPS) is 32.8. The van der Waals surface area contributed by atoms with E-state index in [4.69, 9.17) is 0 Å². The molecule has 13 heavy (non-hydrogen) atoms. The molecule has 0 aromatic rings. The highest BCUT2D eigenvalue weighted by Crippen LogP contribution is 2.34. The van der Waals surface area contributed by atoms with Gasteiger partial charge >= 0.3 is 6.03 Å². The molecule has 2 rings (SSSR count). The van der Waals surface area contributed by atoms with E-state index >= 15 is 0 Å². The van der Waals surface area contributed by atoms with Gasteiger partial charge in [0.15, 0.2) is 0 Å². The number of hydrogen-bond acceptors (Lipinski definition) is 1. The van der Waals surface area contributed by atoms with Crippen molar-refractivity contribution in [2.24, 2.45) is 11.8 Å². The number of piperidine rings is 1. The monoisotopic (exact) mass is 182 g/mol. The van der Waals surface area contributed by atoms with Gasteiger partial charge in [0.1, 0.15) is 0 Å². The van der Waals surface area contributed by atoms with E-state index < -0.39 is 0 Å². The quantitative estimate of drug-likeness (QED) is 0.604. The van der Waals surface area contributed by atoms with E-state index in [-0.39, 0.29) is 6.03 Å². The van der Waals surface area contributed by atoms with Crippen molar-refractivity contribution >= 4 is 6.03 Å². The van der Waals surface area contributed by atoms with Gasteiger partial charge in [0.2, 0.25) is 0 Å². The van der Waals surface area contributed by atoms with E-state index in [2.05, 4.69) is 5.32 Å². The van der Waals surface area contributed by atoms with E-state index in [0.717, 1.165) is 24.9 Å². The molecule has 1 saturated heterocycles. The molecule has 1 aliphatic carbocycles. The molecule has 74 valence electrons. The van der Waals surface area contributed by atoms with Crippen LogP contribution in [0.2, 0.25) is 0 Å². The molecule has 0 radical (unpaired) electrons. The Morgan fingerprint density at radius 1 is 1.31 bits per heavy atom. The van der Waals surface area contributed by atoms with Gasteiger partial charge in [-0.05, 0) is 31.1 Å². The fraction of sp³-hybridized carbons (Fsp3) is 0.900. The van der Waals surface area contributed by atoms with Gasteiger partial charge in [0, 0.05) is 20.1 Å². The minimum absolute atomic E-state index is 0.108. The van der Waals surface area contributed by atoms with Crippen LogP contribution in [0.3, 0.4) is 0 Å². The molecule has 0 spiro atoms. The zero-order valence-electron chi connectivity index (χ0n) is 8.25. The van der Waals surface area contributed by atoms with Crippen molar-refractivity contribution in [3.8, 4) is 0 Å². The summed E-state index contributed by atoms with van der Waals surface area (Å²) < 4.78 is 0. The molecule has 1 N–H and O–H groups in total. The van der Waals surface area contributed by atoms with Crippen molar-refractivity contribution in [2.75, 3.05) is 20.1 Å². The van der Waals surface area contributed by atoms with Crippen LogP contribution in [0.4, 0.5) is 4.79 Å². The molecule has 1 aliphatic heterocycles. The Kier molecular flexibility index (Phi) is 2.42. The first-order chi connectivity index (χ1) is 6.29. The van der Waals surface area contributed by atoms with Crippen LogP contribution in [-0.2, 0) is 0 Å². The molecular formula is C10H18N2O.